The van der Waals surface area contributed by atoms with Crippen molar-refractivity contribution in [2.75, 3.05) is 10.6 Å². The first-order chi connectivity index (χ1) is 12.0. The van der Waals surface area contributed by atoms with Gasteiger partial charge in [0.1, 0.15) is 0 Å². The molecule has 0 unspecified atom stereocenters. The Labute approximate surface area is 155 Å². The number of nitrogens with one attached hydrogen (secondary N) is 2. The Kier molecular flexibility index (Phi) is 5.36. The average Bonchev–Trinajstić information content (AvgIpc) is 3.05. The van der Waals surface area contributed by atoms with Crippen molar-refractivity contribution in [2.45, 2.75) is 13.8 Å². The van der Waals surface area contributed by atoms with E-state index in [4.69, 9.17) is 11.6 Å². The van der Waals surface area contributed by atoms with E-state index in [1.807, 2.05) is 67.8 Å². The summed E-state index contributed by atoms with van der Waals surface area (Å²) in [5, 5.41) is 9.63. The van der Waals surface area contributed by atoms with Crippen molar-refractivity contribution in [1.29, 1.82) is 0 Å². The molecule has 1 amide bonds. The van der Waals surface area contributed by atoms with E-state index in [2.05, 4.69) is 15.6 Å². The van der Waals surface area contributed by atoms with Crippen molar-refractivity contribution in [1.82, 2.24) is 4.98 Å². The molecule has 128 valence electrons. The average molecular weight is 372 g/mol. The summed E-state index contributed by atoms with van der Waals surface area (Å²) in [6.45, 7) is 3.73. The lowest BCUT2D eigenvalue weighted by Crippen LogP contribution is -2.17. The summed E-state index contributed by atoms with van der Waals surface area (Å²) >= 11 is 7.56. The van der Waals surface area contributed by atoms with Gasteiger partial charge in [0, 0.05) is 33.3 Å². The predicted octanol–water partition coefficient (Wildman–Crippen LogP) is 5.80. The highest BCUT2D eigenvalue weighted by molar-refractivity contribution is 7.14. The molecule has 6 heteroatoms. The van der Waals surface area contributed by atoms with Gasteiger partial charge in [-0.2, -0.15) is 0 Å². The maximum absolute atomic E-state index is 11.7. The highest BCUT2D eigenvalue weighted by Gasteiger charge is 2.08. The Balaban J connectivity index is 1.68. The first-order valence-corrected chi connectivity index (χ1v) is 9.16. The van der Waals surface area contributed by atoms with E-state index in [0.717, 1.165) is 27.8 Å². The number of halogens is 1. The summed E-state index contributed by atoms with van der Waals surface area (Å²) < 4.78 is 0. The van der Waals surface area contributed by atoms with Gasteiger partial charge in [0.15, 0.2) is 5.13 Å². The van der Waals surface area contributed by atoms with E-state index in [-0.39, 0.29) is 11.8 Å². The maximum atomic E-state index is 11.7. The van der Waals surface area contributed by atoms with Crippen LogP contribution in [0.5, 0.6) is 0 Å². The van der Waals surface area contributed by atoms with Crippen LogP contribution in [0, 0.1) is 5.92 Å². The minimum atomic E-state index is -0.0435. The number of thiazole rings is 1. The highest BCUT2D eigenvalue weighted by Crippen LogP contribution is 2.28. The van der Waals surface area contributed by atoms with Crippen LogP contribution in [0.2, 0.25) is 5.02 Å². The van der Waals surface area contributed by atoms with E-state index in [1.54, 1.807) is 0 Å². The number of nitrogens with zero attached hydrogens (tertiary/aromatic N) is 1. The van der Waals surface area contributed by atoms with E-state index >= 15 is 0 Å². The quantitative estimate of drug-likeness (QED) is 0.595. The molecular formula is C19H18ClN3OS. The monoisotopic (exact) mass is 371 g/mol. The molecule has 2 aromatic carbocycles. The number of anilines is 3. The van der Waals surface area contributed by atoms with Gasteiger partial charge in [-0.3, -0.25) is 4.79 Å². The smallest absolute Gasteiger partial charge is 0.226 e. The summed E-state index contributed by atoms with van der Waals surface area (Å²) in [4.78, 5) is 16.3. The Morgan fingerprint density at radius 3 is 2.52 bits per heavy atom. The molecule has 1 heterocycles. The number of rotatable bonds is 5. The number of carbonyl (C=O) groups excluding carboxylic acids is 1. The Morgan fingerprint density at radius 2 is 1.84 bits per heavy atom. The fourth-order valence-electron chi connectivity index (χ4n) is 2.16. The number of benzene rings is 2. The van der Waals surface area contributed by atoms with Crippen LogP contribution in [0.4, 0.5) is 16.5 Å². The molecule has 3 rings (SSSR count). The van der Waals surface area contributed by atoms with Crippen molar-refractivity contribution < 1.29 is 4.79 Å². The molecule has 0 aliphatic rings. The second kappa shape index (κ2) is 7.68. The summed E-state index contributed by atoms with van der Waals surface area (Å²) in [5.41, 5.74) is 3.57. The lowest BCUT2D eigenvalue weighted by atomic mass is 10.2. The van der Waals surface area contributed by atoms with E-state index < -0.39 is 0 Å². The Hall–Kier alpha value is -2.37. The molecule has 4 nitrogen and oxygen atoms in total. The standard InChI is InChI=1S/C19H18ClN3OS/c1-12(2)18(24)21-15-6-8-16(9-7-15)22-19-23-17(11-25-19)13-4-3-5-14(20)10-13/h3-12H,1-2H3,(H,21,24)(H,22,23). The summed E-state index contributed by atoms with van der Waals surface area (Å²) in [5.74, 6) is -0.0372. The topological polar surface area (TPSA) is 54.0 Å². The minimum Gasteiger partial charge on any atom is -0.332 e. The summed E-state index contributed by atoms with van der Waals surface area (Å²) in [6, 6.07) is 15.2. The second-order valence-corrected chi connectivity index (χ2v) is 7.19. The molecule has 2 N–H and O–H groups in total. The van der Waals surface area contributed by atoms with Crippen LogP contribution in [0.3, 0.4) is 0 Å². The largest absolute Gasteiger partial charge is 0.332 e. The number of hydrogen-bond donors (Lipinski definition) is 2. The first-order valence-electron chi connectivity index (χ1n) is 7.90. The third kappa shape index (κ3) is 4.59. The molecule has 25 heavy (non-hydrogen) atoms. The fourth-order valence-corrected chi connectivity index (χ4v) is 3.09. The van der Waals surface area contributed by atoms with Gasteiger partial charge in [-0.1, -0.05) is 37.6 Å². The van der Waals surface area contributed by atoms with Gasteiger partial charge in [0.25, 0.3) is 0 Å². The minimum absolute atomic E-state index is 0.00629. The molecule has 3 aromatic rings. The molecule has 0 aliphatic heterocycles. The third-order valence-corrected chi connectivity index (χ3v) is 4.55. The first kappa shape index (κ1) is 17.5. The molecule has 0 saturated heterocycles. The van der Waals surface area contributed by atoms with Gasteiger partial charge in [-0.05, 0) is 36.4 Å². The van der Waals surface area contributed by atoms with Crippen LogP contribution >= 0.6 is 22.9 Å². The molecule has 0 aliphatic carbocycles. The zero-order valence-corrected chi connectivity index (χ0v) is 15.5. The SMILES string of the molecule is CC(C)C(=O)Nc1ccc(Nc2nc(-c3cccc(Cl)c3)cs2)cc1. The Bertz CT molecular complexity index is 874. The normalized spacial score (nSPS) is 10.7. The summed E-state index contributed by atoms with van der Waals surface area (Å²) in [6.07, 6.45) is 0. The van der Waals surface area contributed by atoms with Gasteiger partial charge in [-0.15, -0.1) is 11.3 Å². The lowest BCUT2D eigenvalue weighted by Gasteiger charge is -2.08. The number of carbonyl (C=O) groups is 1. The van der Waals surface area contributed by atoms with Gasteiger partial charge in [0.2, 0.25) is 5.91 Å². The van der Waals surface area contributed by atoms with Gasteiger partial charge >= 0.3 is 0 Å². The number of aromatic nitrogens is 1. The zero-order chi connectivity index (χ0) is 17.8. The third-order valence-electron chi connectivity index (χ3n) is 3.55. The van der Waals surface area contributed by atoms with Crippen LogP contribution in [0.25, 0.3) is 11.3 Å². The zero-order valence-electron chi connectivity index (χ0n) is 13.9. The van der Waals surface area contributed by atoms with Crippen LogP contribution in [0.1, 0.15) is 13.8 Å². The van der Waals surface area contributed by atoms with Gasteiger partial charge in [0.05, 0.1) is 5.69 Å². The molecular weight excluding hydrogens is 354 g/mol. The fraction of sp³-hybridized carbons (Fsp3) is 0.158. The van der Waals surface area contributed by atoms with Gasteiger partial charge < -0.3 is 10.6 Å². The molecule has 0 radical (unpaired) electrons. The van der Waals surface area contributed by atoms with Crippen LogP contribution in [-0.2, 0) is 4.79 Å². The van der Waals surface area contributed by atoms with Crippen molar-refractivity contribution in [3.8, 4) is 11.3 Å². The van der Waals surface area contributed by atoms with Crippen molar-refractivity contribution in [3.05, 3.63) is 58.9 Å². The van der Waals surface area contributed by atoms with Crippen LogP contribution in [-0.4, -0.2) is 10.9 Å². The molecule has 0 fully saturated rings. The van der Waals surface area contributed by atoms with Gasteiger partial charge in [-0.25, -0.2) is 4.98 Å². The molecule has 0 atom stereocenters. The van der Waals surface area contributed by atoms with Crippen molar-refractivity contribution >= 4 is 45.4 Å². The van der Waals surface area contributed by atoms with Crippen LogP contribution < -0.4 is 10.6 Å². The van der Waals surface area contributed by atoms with Crippen molar-refractivity contribution in [3.63, 3.8) is 0 Å². The molecule has 0 saturated carbocycles. The number of hydrogen-bond acceptors (Lipinski definition) is 4. The molecule has 1 aromatic heterocycles. The van der Waals surface area contributed by atoms with E-state index in [0.29, 0.717) is 5.02 Å². The highest BCUT2D eigenvalue weighted by atomic mass is 35.5. The van der Waals surface area contributed by atoms with Crippen molar-refractivity contribution in [2.24, 2.45) is 5.92 Å². The lowest BCUT2D eigenvalue weighted by molar-refractivity contribution is -0.118. The molecule has 0 bridgehead atoms. The molecule has 0 spiro atoms. The summed E-state index contributed by atoms with van der Waals surface area (Å²) in [7, 11) is 0. The maximum Gasteiger partial charge on any atom is 0.226 e. The van der Waals surface area contributed by atoms with Crippen LogP contribution in [0.15, 0.2) is 53.9 Å². The number of amides is 1. The predicted molar refractivity (Wildman–Crippen MR) is 106 cm³/mol. The van der Waals surface area contributed by atoms with E-state index in [1.165, 1.54) is 11.3 Å². The van der Waals surface area contributed by atoms with E-state index in [9.17, 15) is 4.79 Å². The Morgan fingerprint density at radius 1 is 1.12 bits per heavy atom. The second-order valence-electron chi connectivity index (χ2n) is 5.89.